The van der Waals surface area contributed by atoms with Crippen molar-refractivity contribution < 1.29 is 0 Å². The zero-order chi connectivity index (χ0) is 12.4. The van der Waals surface area contributed by atoms with Crippen molar-refractivity contribution in [2.75, 3.05) is 20.6 Å². The van der Waals surface area contributed by atoms with E-state index in [1.807, 2.05) is 18.2 Å². The lowest BCUT2D eigenvalue weighted by Crippen LogP contribution is -2.15. The summed E-state index contributed by atoms with van der Waals surface area (Å²) in [5.41, 5.74) is 2.13. The number of aromatic amines is 1. The molecule has 0 aliphatic rings. The predicted octanol–water partition coefficient (Wildman–Crippen LogP) is 3.30. The fourth-order valence-corrected chi connectivity index (χ4v) is 2.37. The summed E-state index contributed by atoms with van der Waals surface area (Å²) in [6, 6.07) is 5.82. The summed E-state index contributed by atoms with van der Waals surface area (Å²) in [7, 11) is 4.16. The van der Waals surface area contributed by atoms with E-state index < -0.39 is 0 Å². The molecule has 0 amide bonds. The van der Waals surface area contributed by atoms with Crippen LogP contribution in [-0.4, -0.2) is 35.1 Å². The molecule has 0 saturated carbocycles. The molecule has 1 heterocycles. The zero-order valence-electron chi connectivity index (χ0n) is 10.0. The van der Waals surface area contributed by atoms with Crippen LogP contribution >= 0.6 is 23.8 Å². The van der Waals surface area contributed by atoms with Gasteiger partial charge in [0.1, 0.15) is 0 Å². The monoisotopic (exact) mass is 269 g/mol. The highest BCUT2D eigenvalue weighted by atomic mass is 35.5. The van der Waals surface area contributed by atoms with Gasteiger partial charge in [0.25, 0.3) is 0 Å². The van der Waals surface area contributed by atoms with Crippen LogP contribution in [0.15, 0.2) is 18.2 Å². The lowest BCUT2D eigenvalue weighted by molar-refractivity contribution is 0.387. The number of aromatic nitrogens is 2. The van der Waals surface area contributed by atoms with Gasteiger partial charge >= 0.3 is 0 Å². The lowest BCUT2D eigenvalue weighted by atomic mass is 10.3. The van der Waals surface area contributed by atoms with Crippen molar-refractivity contribution in [3.63, 3.8) is 0 Å². The fourth-order valence-electron chi connectivity index (χ4n) is 1.90. The first kappa shape index (κ1) is 12.6. The smallest absolute Gasteiger partial charge is 0.178 e. The number of fused-ring (bicyclic) bond motifs is 1. The van der Waals surface area contributed by atoms with Crippen LogP contribution in [0.25, 0.3) is 11.0 Å². The molecule has 0 aliphatic heterocycles. The summed E-state index contributed by atoms with van der Waals surface area (Å²) in [6.07, 6.45) is 1.08. The van der Waals surface area contributed by atoms with Gasteiger partial charge < -0.3 is 14.5 Å². The quantitative estimate of drug-likeness (QED) is 0.861. The molecule has 0 spiro atoms. The van der Waals surface area contributed by atoms with Gasteiger partial charge in [0.2, 0.25) is 0 Å². The molecule has 17 heavy (non-hydrogen) atoms. The number of rotatable bonds is 4. The highest BCUT2D eigenvalue weighted by Gasteiger charge is 2.04. The van der Waals surface area contributed by atoms with E-state index in [2.05, 4.69) is 28.5 Å². The Bertz CT molecular complexity index is 571. The molecule has 1 N–H and O–H groups in total. The number of aryl methyl sites for hydroxylation is 1. The van der Waals surface area contributed by atoms with E-state index in [0.717, 1.165) is 40.3 Å². The van der Waals surface area contributed by atoms with Gasteiger partial charge in [0.05, 0.1) is 11.0 Å². The first-order valence-electron chi connectivity index (χ1n) is 5.61. The first-order valence-corrected chi connectivity index (χ1v) is 6.39. The predicted molar refractivity (Wildman–Crippen MR) is 75.3 cm³/mol. The summed E-state index contributed by atoms with van der Waals surface area (Å²) in [6.45, 7) is 1.99. The van der Waals surface area contributed by atoms with Crippen molar-refractivity contribution in [1.29, 1.82) is 0 Å². The molecule has 0 aliphatic carbocycles. The van der Waals surface area contributed by atoms with Crippen LogP contribution in [0.2, 0.25) is 5.02 Å². The molecule has 92 valence electrons. The number of benzene rings is 1. The Morgan fingerprint density at radius 1 is 1.41 bits per heavy atom. The van der Waals surface area contributed by atoms with Gasteiger partial charge in [-0.1, -0.05) is 11.6 Å². The van der Waals surface area contributed by atoms with Crippen LogP contribution in [0.1, 0.15) is 6.42 Å². The van der Waals surface area contributed by atoms with E-state index in [9.17, 15) is 0 Å². The van der Waals surface area contributed by atoms with Gasteiger partial charge in [-0.2, -0.15) is 0 Å². The maximum atomic E-state index is 5.96. The number of halogens is 1. The minimum atomic E-state index is 0.731. The molecular formula is C12H16ClN3S. The van der Waals surface area contributed by atoms with Crippen molar-refractivity contribution in [3.05, 3.63) is 28.0 Å². The summed E-state index contributed by atoms with van der Waals surface area (Å²) in [4.78, 5) is 5.36. The Hall–Kier alpha value is -0.840. The normalized spacial score (nSPS) is 11.5. The van der Waals surface area contributed by atoms with Gasteiger partial charge in [-0.25, -0.2) is 0 Å². The molecule has 3 nitrogen and oxygen atoms in total. The van der Waals surface area contributed by atoms with Crippen molar-refractivity contribution in [2.45, 2.75) is 13.0 Å². The van der Waals surface area contributed by atoms with Crippen LogP contribution in [0.5, 0.6) is 0 Å². The highest BCUT2D eigenvalue weighted by molar-refractivity contribution is 7.71. The third kappa shape index (κ3) is 2.89. The van der Waals surface area contributed by atoms with Crippen LogP contribution < -0.4 is 0 Å². The average molecular weight is 270 g/mol. The summed E-state index contributed by atoms with van der Waals surface area (Å²) < 4.78 is 2.89. The van der Waals surface area contributed by atoms with Crippen LogP contribution in [-0.2, 0) is 6.54 Å². The third-order valence-electron chi connectivity index (χ3n) is 2.72. The van der Waals surface area contributed by atoms with E-state index in [1.165, 1.54) is 0 Å². The van der Waals surface area contributed by atoms with Gasteiger partial charge in [0, 0.05) is 11.6 Å². The largest absolute Gasteiger partial charge is 0.331 e. The van der Waals surface area contributed by atoms with Gasteiger partial charge in [-0.15, -0.1) is 0 Å². The summed E-state index contributed by atoms with van der Waals surface area (Å²) >= 11 is 11.3. The zero-order valence-corrected chi connectivity index (χ0v) is 11.6. The number of hydrogen-bond acceptors (Lipinski definition) is 2. The second kappa shape index (κ2) is 5.21. The van der Waals surface area contributed by atoms with Crippen molar-refractivity contribution in [1.82, 2.24) is 14.5 Å². The Kier molecular flexibility index (Phi) is 3.86. The van der Waals surface area contributed by atoms with E-state index in [4.69, 9.17) is 23.8 Å². The number of hydrogen-bond donors (Lipinski definition) is 1. The Morgan fingerprint density at radius 3 is 2.88 bits per heavy atom. The molecule has 0 radical (unpaired) electrons. The molecule has 0 saturated heterocycles. The molecule has 0 fully saturated rings. The van der Waals surface area contributed by atoms with E-state index in [0.29, 0.717) is 0 Å². The molecule has 1 aromatic heterocycles. The Balaban J connectivity index is 2.27. The molecule has 0 atom stereocenters. The summed E-state index contributed by atoms with van der Waals surface area (Å²) in [5, 5.41) is 0.731. The van der Waals surface area contributed by atoms with Crippen molar-refractivity contribution >= 4 is 34.9 Å². The maximum absolute atomic E-state index is 5.96. The summed E-state index contributed by atoms with van der Waals surface area (Å²) in [5.74, 6) is 0. The standard InChI is InChI=1S/C12H16ClN3S/c1-15(2)6-3-7-16-11-5-4-9(13)8-10(11)14-12(16)17/h4-5,8H,3,6-7H2,1-2H3,(H,14,17). The number of nitrogens with one attached hydrogen (secondary N) is 1. The van der Waals surface area contributed by atoms with E-state index in [1.54, 1.807) is 0 Å². The van der Waals surface area contributed by atoms with Crippen molar-refractivity contribution in [3.8, 4) is 0 Å². The number of imidazole rings is 1. The average Bonchev–Trinajstić information content (AvgIpc) is 2.54. The van der Waals surface area contributed by atoms with Crippen LogP contribution in [0, 0.1) is 4.77 Å². The lowest BCUT2D eigenvalue weighted by Gasteiger charge is -2.10. The molecule has 2 aromatic rings. The second-order valence-electron chi connectivity index (χ2n) is 4.40. The maximum Gasteiger partial charge on any atom is 0.178 e. The Morgan fingerprint density at radius 2 is 2.18 bits per heavy atom. The molecule has 0 unspecified atom stereocenters. The number of nitrogens with zero attached hydrogens (tertiary/aromatic N) is 2. The number of H-pyrrole nitrogens is 1. The van der Waals surface area contributed by atoms with Crippen molar-refractivity contribution in [2.24, 2.45) is 0 Å². The van der Waals surface area contributed by atoms with E-state index >= 15 is 0 Å². The van der Waals surface area contributed by atoms with Gasteiger partial charge in [0.15, 0.2) is 4.77 Å². The molecular weight excluding hydrogens is 254 g/mol. The Labute approximate surface area is 111 Å². The molecule has 0 bridgehead atoms. The minimum absolute atomic E-state index is 0.731. The molecule has 5 heteroatoms. The first-order chi connectivity index (χ1) is 8.08. The molecule has 2 rings (SSSR count). The topological polar surface area (TPSA) is 24.0 Å². The van der Waals surface area contributed by atoms with E-state index in [-0.39, 0.29) is 0 Å². The van der Waals surface area contributed by atoms with Gasteiger partial charge in [-0.05, 0) is 57.5 Å². The third-order valence-corrected chi connectivity index (χ3v) is 3.28. The van der Waals surface area contributed by atoms with Crippen LogP contribution in [0.4, 0.5) is 0 Å². The highest BCUT2D eigenvalue weighted by Crippen LogP contribution is 2.19. The van der Waals surface area contributed by atoms with Gasteiger partial charge in [-0.3, -0.25) is 0 Å². The minimum Gasteiger partial charge on any atom is -0.331 e. The molecule has 1 aromatic carbocycles. The fraction of sp³-hybridized carbons (Fsp3) is 0.417. The SMILES string of the molecule is CN(C)CCCn1c(=S)[nH]c2cc(Cl)ccc21. The van der Waals surface area contributed by atoms with Crippen LogP contribution in [0.3, 0.4) is 0 Å². The second-order valence-corrected chi connectivity index (χ2v) is 5.22.